The van der Waals surface area contributed by atoms with Crippen LogP contribution in [0.15, 0.2) is 53.2 Å². The van der Waals surface area contributed by atoms with Crippen LogP contribution in [0.4, 0.5) is 5.69 Å². The number of anilines is 1. The van der Waals surface area contributed by atoms with E-state index >= 15 is 0 Å². The molecule has 1 aromatic heterocycles. The Morgan fingerprint density at radius 2 is 1.74 bits per heavy atom. The number of fused-ring (bicyclic) bond motifs is 2. The van der Waals surface area contributed by atoms with Crippen molar-refractivity contribution < 1.29 is 28.2 Å². The Bertz CT molecular complexity index is 955. The van der Waals surface area contributed by atoms with Crippen molar-refractivity contribution in [3.63, 3.8) is 0 Å². The Morgan fingerprint density at radius 1 is 1.00 bits per heavy atom. The van der Waals surface area contributed by atoms with Crippen molar-refractivity contribution in [1.82, 2.24) is 5.32 Å². The highest BCUT2D eigenvalue weighted by Gasteiger charge is 2.53. The summed E-state index contributed by atoms with van der Waals surface area (Å²) in [4.78, 5) is 26.2. The average molecular weight is 426 g/mol. The summed E-state index contributed by atoms with van der Waals surface area (Å²) < 4.78 is 22.3. The summed E-state index contributed by atoms with van der Waals surface area (Å²) in [6.07, 6.45) is 4.35. The van der Waals surface area contributed by atoms with Crippen molar-refractivity contribution in [2.24, 2.45) is 11.8 Å². The third-order valence-electron chi connectivity index (χ3n) is 5.34. The predicted molar refractivity (Wildman–Crippen MR) is 113 cm³/mol. The third-order valence-corrected chi connectivity index (χ3v) is 5.34. The summed E-state index contributed by atoms with van der Waals surface area (Å²) >= 11 is 0. The summed E-state index contributed by atoms with van der Waals surface area (Å²) in [5.74, 6) is -0.0302. The molecule has 1 aromatic carbocycles. The molecule has 164 valence electrons. The molecule has 0 aliphatic carbocycles. The zero-order valence-corrected chi connectivity index (χ0v) is 17.5. The number of hydrogen-bond donors (Lipinski definition) is 2. The minimum atomic E-state index is -0.656. The summed E-state index contributed by atoms with van der Waals surface area (Å²) in [5, 5.41) is 5.77. The van der Waals surface area contributed by atoms with Gasteiger partial charge in [-0.3, -0.25) is 9.59 Å². The molecule has 8 nitrogen and oxygen atoms in total. The van der Waals surface area contributed by atoms with Crippen LogP contribution in [0.25, 0.3) is 0 Å². The highest BCUT2D eigenvalue weighted by atomic mass is 16.5. The van der Waals surface area contributed by atoms with Gasteiger partial charge in [0.2, 0.25) is 11.8 Å². The van der Waals surface area contributed by atoms with E-state index in [9.17, 15) is 9.59 Å². The molecule has 0 radical (unpaired) electrons. The lowest BCUT2D eigenvalue weighted by Gasteiger charge is -2.24. The topological polar surface area (TPSA) is 99.0 Å². The molecule has 3 heterocycles. The molecular weight excluding hydrogens is 400 g/mol. The fourth-order valence-electron chi connectivity index (χ4n) is 4.00. The second-order valence-electron chi connectivity index (χ2n) is 7.31. The van der Waals surface area contributed by atoms with Gasteiger partial charge in [0.05, 0.1) is 55.8 Å². The number of hydrogen-bond acceptors (Lipinski definition) is 6. The Balaban J connectivity index is 1.50. The highest BCUT2D eigenvalue weighted by Crippen LogP contribution is 2.40. The molecule has 2 aliphatic heterocycles. The summed E-state index contributed by atoms with van der Waals surface area (Å²) in [5.41, 5.74) is 0.499. The van der Waals surface area contributed by atoms with E-state index < -0.39 is 24.0 Å². The third kappa shape index (κ3) is 4.44. The van der Waals surface area contributed by atoms with E-state index in [0.717, 1.165) is 0 Å². The first-order valence-corrected chi connectivity index (χ1v) is 10.4. The quantitative estimate of drug-likeness (QED) is 0.598. The number of furan rings is 1. The Hall–Kier alpha value is -3.26. The molecule has 0 unspecified atom stereocenters. The molecule has 0 spiro atoms. The van der Waals surface area contributed by atoms with Crippen molar-refractivity contribution in [1.29, 1.82) is 0 Å². The normalized spacial score (nSPS) is 23.5. The largest absolute Gasteiger partial charge is 0.494 e. The second-order valence-corrected chi connectivity index (χ2v) is 7.31. The van der Waals surface area contributed by atoms with E-state index in [1.54, 1.807) is 36.6 Å². The van der Waals surface area contributed by atoms with E-state index in [1.807, 2.05) is 26.0 Å². The molecule has 2 amide bonds. The lowest BCUT2D eigenvalue weighted by molar-refractivity contribution is -0.131. The molecule has 4 atom stereocenters. The van der Waals surface area contributed by atoms with Gasteiger partial charge in [-0.2, -0.15) is 0 Å². The second kappa shape index (κ2) is 9.26. The zero-order valence-electron chi connectivity index (χ0n) is 17.5. The van der Waals surface area contributed by atoms with Crippen LogP contribution in [0, 0.1) is 11.8 Å². The first-order chi connectivity index (χ1) is 15.1. The Labute approximate surface area is 180 Å². The lowest BCUT2D eigenvalue weighted by atomic mass is 9.81. The summed E-state index contributed by atoms with van der Waals surface area (Å²) in [6, 6.07) is 8.81. The van der Waals surface area contributed by atoms with Crippen LogP contribution < -0.4 is 20.1 Å². The predicted octanol–water partition coefficient (Wildman–Crippen LogP) is 2.90. The molecule has 4 rings (SSSR count). The fraction of sp³-hybridized carbons (Fsp3) is 0.391. The number of benzene rings is 1. The van der Waals surface area contributed by atoms with Gasteiger partial charge >= 0.3 is 0 Å². The first-order valence-electron chi connectivity index (χ1n) is 10.4. The molecule has 2 aromatic rings. The minimum absolute atomic E-state index is 0.249. The van der Waals surface area contributed by atoms with Crippen LogP contribution in [0.1, 0.15) is 19.6 Å². The number of amides is 2. The molecule has 1 fully saturated rings. The van der Waals surface area contributed by atoms with Gasteiger partial charge in [-0.1, -0.05) is 12.2 Å². The smallest absolute Gasteiger partial charge is 0.231 e. The van der Waals surface area contributed by atoms with Crippen molar-refractivity contribution >= 4 is 17.5 Å². The standard InChI is InChI=1S/C23H26N2O6/c1-3-28-14-7-8-17(29-4-2)16(12-14)25-23(27)21-19-10-9-18(31-19)20(21)22(26)24-13-15-6-5-11-30-15/h5-12,18-21H,3-4,13H2,1-2H3,(H,24,26)(H,25,27)/t18-,19-,20-,21+/m1/s1. The van der Waals surface area contributed by atoms with Gasteiger partial charge in [-0.05, 0) is 38.1 Å². The van der Waals surface area contributed by atoms with E-state index in [-0.39, 0.29) is 18.4 Å². The molecule has 8 heteroatoms. The monoisotopic (exact) mass is 426 g/mol. The number of ether oxygens (including phenoxy) is 3. The maximum absolute atomic E-state index is 13.3. The minimum Gasteiger partial charge on any atom is -0.494 e. The van der Waals surface area contributed by atoms with Crippen LogP contribution in [0.3, 0.4) is 0 Å². The zero-order chi connectivity index (χ0) is 21.8. The van der Waals surface area contributed by atoms with Gasteiger partial charge in [0.1, 0.15) is 17.3 Å². The van der Waals surface area contributed by atoms with Gasteiger partial charge in [0.15, 0.2) is 0 Å². The van der Waals surface area contributed by atoms with Crippen molar-refractivity contribution in [2.75, 3.05) is 18.5 Å². The number of rotatable bonds is 9. The van der Waals surface area contributed by atoms with Crippen LogP contribution in [-0.2, 0) is 20.9 Å². The van der Waals surface area contributed by atoms with E-state index in [2.05, 4.69) is 10.6 Å². The van der Waals surface area contributed by atoms with E-state index in [0.29, 0.717) is 36.2 Å². The van der Waals surface area contributed by atoms with E-state index in [1.165, 1.54) is 0 Å². The van der Waals surface area contributed by atoms with Crippen LogP contribution in [0.2, 0.25) is 0 Å². The summed E-state index contributed by atoms with van der Waals surface area (Å²) in [7, 11) is 0. The molecule has 2 N–H and O–H groups in total. The SMILES string of the molecule is CCOc1ccc(OCC)c(NC(=O)[C@@H]2[C@H](C(=O)NCc3ccco3)[C@H]3C=C[C@H]2O3)c1. The van der Waals surface area contributed by atoms with Crippen LogP contribution in [0.5, 0.6) is 11.5 Å². The van der Waals surface area contributed by atoms with Gasteiger partial charge in [-0.25, -0.2) is 0 Å². The fourth-order valence-corrected chi connectivity index (χ4v) is 4.00. The molecule has 2 aliphatic rings. The van der Waals surface area contributed by atoms with Crippen molar-refractivity contribution in [2.45, 2.75) is 32.6 Å². The first kappa shape index (κ1) is 21.0. The molecule has 0 saturated carbocycles. The van der Waals surface area contributed by atoms with Crippen LogP contribution >= 0.6 is 0 Å². The lowest BCUT2D eigenvalue weighted by Crippen LogP contribution is -2.44. The van der Waals surface area contributed by atoms with Gasteiger partial charge in [0.25, 0.3) is 0 Å². The molecule has 2 bridgehead atoms. The van der Waals surface area contributed by atoms with Crippen molar-refractivity contribution in [3.05, 3.63) is 54.5 Å². The summed E-state index contributed by atoms with van der Waals surface area (Å²) in [6.45, 7) is 4.97. The van der Waals surface area contributed by atoms with Gasteiger partial charge < -0.3 is 29.3 Å². The molecule has 31 heavy (non-hydrogen) atoms. The maximum atomic E-state index is 13.3. The Kier molecular flexibility index (Phi) is 6.27. The number of nitrogens with one attached hydrogen (secondary N) is 2. The highest BCUT2D eigenvalue weighted by molar-refractivity contribution is 5.98. The van der Waals surface area contributed by atoms with Crippen molar-refractivity contribution in [3.8, 4) is 11.5 Å². The average Bonchev–Trinajstić information content (AvgIpc) is 3.51. The number of carbonyl (C=O) groups is 2. The van der Waals surface area contributed by atoms with E-state index in [4.69, 9.17) is 18.6 Å². The van der Waals surface area contributed by atoms with Crippen LogP contribution in [-0.4, -0.2) is 37.2 Å². The number of carbonyl (C=O) groups excluding carboxylic acids is 2. The maximum Gasteiger partial charge on any atom is 0.231 e. The molecular formula is C23H26N2O6. The van der Waals surface area contributed by atoms with Gasteiger partial charge in [0, 0.05) is 6.07 Å². The Morgan fingerprint density at radius 3 is 2.42 bits per heavy atom. The molecule has 1 saturated heterocycles. The van der Waals surface area contributed by atoms with Gasteiger partial charge in [-0.15, -0.1) is 0 Å².